The van der Waals surface area contributed by atoms with Crippen molar-refractivity contribution < 1.29 is 14.3 Å². The number of hydrogen-bond acceptors (Lipinski definition) is 5. The lowest BCUT2D eigenvalue weighted by molar-refractivity contribution is 0.0952. The molecule has 0 aliphatic carbocycles. The van der Waals surface area contributed by atoms with Crippen LogP contribution in [0.4, 0.5) is 5.69 Å². The molecule has 2 aromatic heterocycles. The molecule has 1 amide bonds. The number of methoxy groups -OCH3 is 1. The average Bonchev–Trinajstić information content (AvgIpc) is 3.00. The Morgan fingerprint density at radius 2 is 2.36 bits per heavy atom. The molecule has 0 N–H and O–H groups in total. The zero-order valence-corrected chi connectivity index (χ0v) is 12.6. The van der Waals surface area contributed by atoms with Crippen molar-refractivity contribution in [3.8, 4) is 5.88 Å². The second-order valence-electron chi connectivity index (χ2n) is 5.13. The molecule has 7 nitrogen and oxygen atoms in total. The summed E-state index contributed by atoms with van der Waals surface area (Å²) in [6.07, 6.45) is 3.32. The Bertz CT molecular complexity index is 670. The Hall–Kier alpha value is -2.41. The SMILES string of the molecule is COCCn1ccc(C(=O)N2C[C@H](C)Oc3ncccc32)n1. The molecule has 0 aromatic carbocycles. The number of pyridine rings is 1. The maximum absolute atomic E-state index is 12.7. The molecular weight excluding hydrogens is 284 g/mol. The van der Waals surface area contributed by atoms with E-state index in [9.17, 15) is 4.79 Å². The summed E-state index contributed by atoms with van der Waals surface area (Å²) in [4.78, 5) is 18.6. The van der Waals surface area contributed by atoms with Gasteiger partial charge in [0.1, 0.15) is 11.8 Å². The van der Waals surface area contributed by atoms with Crippen molar-refractivity contribution in [2.75, 3.05) is 25.2 Å². The molecule has 1 aliphatic heterocycles. The van der Waals surface area contributed by atoms with Gasteiger partial charge in [0.2, 0.25) is 5.88 Å². The van der Waals surface area contributed by atoms with Crippen LogP contribution in [0.5, 0.6) is 5.88 Å². The Morgan fingerprint density at radius 1 is 1.50 bits per heavy atom. The first-order valence-electron chi connectivity index (χ1n) is 7.15. The van der Waals surface area contributed by atoms with Crippen LogP contribution in [0.2, 0.25) is 0 Å². The summed E-state index contributed by atoms with van der Waals surface area (Å²) in [5.74, 6) is 0.328. The van der Waals surface area contributed by atoms with Crippen LogP contribution in [0.15, 0.2) is 30.6 Å². The number of rotatable bonds is 4. The van der Waals surface area contributed by atoms with Gasteiger partial charge in [-0.1, -0.05) is 0 Å². The zero-order chi connectivity index (χ0) is 15.5. The van der Waals surface area contributed by atoms with Gasteiger partial charge in [0, 0.05) is 19.5 Å². The standard InChI is InChI=1S/C15H18N4O3/c1-11-10-19(13-4-3-6-16-14(13)22-11)15(20)12-5-7-18(17-12)8-9-21-2/h3-7,11H,8-10H2,1-2H3/t11-/m0/s1. The van der Waals surface area contributed by atoms with E-state index in [4.69, 9.17) is 9.47 Å². The molecule has 22 heavy (non-hydrogen) atoms. The summed E-state index contributed by atoms with van der Waals surface area (Å²) < 4.78 is 12.4. The largest absolute Gasteiger partial charge is 0.471 e. The molecule has 116 valence electrons. The van der Waals surface area contributed by atoms with Gasteiger partial charge < -0.3 is 9.47 Å². The van der Waals surface area contributed by atoms with Crippen molar-refractivity contribution in [1.82, 2.24) is 14.8 Å². The van der Waals surface area contributed by atoms with E-state index < -0.39 is 0 Å². The van der Waals surface area contributed by atoms with E-state index in [1.807, 2.05) is 13.0 Å². The minimum Gasteiger partial charge on any atom is -0.471 e. The van der Waals surface area contributed by atoms with E-state index in [0.717, 1.165) is 0 Å². The fraction of sp³-hybridized carbons (Fsp3) is 0.400. The lowest BCUT2D eigenvalue weighted by Gasteiger charge is -2.31. The Balaban J connectivity index is 1.84. The molecule has 0 fully saturated rings. The smallest absolute Gasteiger partial charge is 0.279 e. The van der Waals surface area contributed by atoms with Gasteiger partial charge in [0.15, 0.2) is 5.69 Å². The molecule has 0 unspecified atom stereocenters. The van der Waals surface area contributed by atoms with Crippen LogP contribution in [0, 0.1) is 0 Å². The molecule has 1 aliphatic rings. The number of ether oxygens (including phenoxy) is 2. The van der Waals surface area contributed by atoms with Crippen LogP contribution >= 0.6 is 0 Å². The van der Waals surface area contributed by atoms with Crippen molar-refractivity contribution in [2.45, 2.75) is 19.6 Å². The minimum atomic E-state index is -0.152. The Labute approximate surface area is 128 Å². The molecule has 0 radical (unpaired) electrons. The van der Waals surface area contributed by atoms with E-state index in [1.165, 1.54) is 0 Å². The summed E-state index contributed by atoms with van der Waals surface area (Å²) in [5.41, 5.74) is 1.08. The number of carbonyl (C=O) groups excluding carboxylic acids is 1. The molecule has 0 bridgehead atoms. The maximum atomic E-state index is 12.7. The summed E-state index contributed by atoms with van der Waals surface area (Å²) >= 11 is 0. The number of hydrogen-bond donors (Lipinski definition) is 0. The molecule has 0 saturated carbocycles. The van der Waals surface area contributed by atoms with Gasteiger partial charge >= 0.3 is 0 Å². The summed E-state index contributed by atoms with van der Waals surface area (Å²) in [6, 6.07) is 5.33. The van der Waals surface area contributed by atoms with Crippen molar-refractivity contribution in [3.05, 3.63) is 36.3 Å². The van der Waals surface area contributed by atoms with Gasteiger partial charge in [-0.15, -0.1) is 0 Å². The fourth-order valence-corrected chi connectivity index (χ4v) is 2.38. The number of fused-ring (bicyclic) bond motifs is 1. The van der Waals surface area contributed by atoms with Crippen LogP contribution < -0.4 is 9.64 Å². The van der Waals surface area contributed by atoms with E-state index in [2.05, 4.69) is 10.1 Å². The van der Waals surface area contributed by atoms with E-state index >= 15 is 0 Å². The van der Waals surface area contributed by atoms with Gasteiger partial charge in [-0.3, -0.25) is 14.4 Å². The molecule has 3 rings (SSSR count). The Morgan fingerprint density at radius 3 is 3.18 bits per heavy atom. The molecule has 0 saturated heterocycles. The van der Waals surface area contributed by atoms with Crippen molar-refractivity contribution in [3.63, 3.8) is 0 Å². The number of aromatic nitrogens is 3. The molecule has 7 heteroatoms. The molecule has 2 aromatic rings. The summed E-state index contributed by atoms with van der Waals surface area (Å²) in [7, 11) is 1.63. The average molecular weight is 302 g/mol. The molecular formula is C15H18N4O3. The van der Waals surface area contributed by atoms with Crippen LogP contribution in [0.3, 0.4) is 0 Å². The lowest BCUT2D eigenvalue weighted by atomic mass is 10.2. The predicted octanol–water partition coefficient (Wildman–Crippen LogP) is 1.35. The van der Waals surface area contributed by atoms with Gasteiger partial charge in [0.05, 0.1) is 19.7 Å². The quantitative estimate of drug-likeness (QED) is 0.852. The first kappa shape index (κ1) is 14.5. The monoisotopic (exact) mass is 302 g/mol. The normalized spacial score (nSPS) is 17.0. The molecule has 3 heterocycles. The third kappa shape index (κ3) is 2.80. The highest BCUT2D eigenvalue weighted by Gasteiger charge is 2.30. The fourth-order valence-electron chi connectivity index (χ4n) is 2.38. The van der Waals surface area contributed by atoms with Gasteiger partial charge in [0.25, 0.3) is 5.91 Å². The summed E-state index contributed by atoms with van der Waals surface area (Å²) in [6.45, 7) is 3.55. The van der Waals surface area contributed by atoms with Crippen LogP contribution in [0.25, 0.3) is 0 Å². The van der Waals surface area contributed by atoms with E-state index in [1.54, 1.807) is 41.2 Å². The van der Waals surface area contributed by atoms with E-state index in [-0.39, 0.29) is 12.0 Å². The minimum absolute atomic E-state index is 0.109. The van der Waals surface area contributed by atoms with Crippen LogP contribution in [-0.2, 0) is 11.3 Å². The Kier molecular flexibility index (Phi) is 4.06. The number of carbonyl (C=O) groups is 1. The van der Waals surface area contributed by atoms with Crippen molar-refractivity contribution in [2.24, 2.45) is 0 Å². The highest BCUT2D eigenvalue weighted by Crippen LogP contribution is 2.31. The van der Waals surface area contributed by atoms with Crippen molar-refractivity contribution in [1.29, 1.82) is 0 Å². The third-order valence-corrected chi connectivity index (χ3v) is 3.42. The second kappa shape index (κ2) is 6.15. The van der Waals surface area contributed by atoms with Crippen LogP contribution in [-0.4, -0.2) is 47.0 Å². The highest BCUT2D eigenvalue weighted by atomic mass is 16.5. The maximum Gasteiger partial charge on any atom is 0.279 e. The highest BCUT2D eigenvalue weighted by molar-refractivity contribution is 6.05. The number of amides is 1. The topological polar surface area (TPSA) is 69.5 Å². The van der Waals surface area contributed by atoms with Crippen LogP contribution in [0.1, 0.15) is 17.4 Å². The van der Waals surface area contributed by atoms with Gasteiger partial charge in [-0.05, 0) is 25.1 Å². The first-order chi connectivity index (χ1) is 10.7. The van der Waals surface area contributed by atoms with Gasteiger partial charge in [-0.25, -0.2) is 4.98 Å². The van der Waals surface area contributed by atoms with Gasteiger partial charge in [-0.2, -0.15) is 5.10 Å². The summed E-state index contributed by atoms with van der Waals surface area (Å²) in [5, 5.41) is 4.31. The first-order valence-corrected chi connectivity index (χ1v) is 7.15. The lowest BCUT2D eigenvalue weighted by Crippen LogP contribution is -2.42. The molecule has 1 atom stereocenters. The third-order valence-electron chi connectivity index (χ3n) is 3.42. The predicted molar refractivity (Wildman–Crippen MR) is 80.1 cm³/mol. The second-order valence-corrected chi connectivity index (χ2v) is 5.13. The van der Waals surface area contributed by atoms with E-state index in [0.29, 0.717) is 37.0 Å². The van der Waals surface area contributed by atoms with Crippen molar-refractivity contribution >= 4 is 11.6 Å². The zero-order valence-electron chi connectivity index (χ0n) is 12.6. The number of anilines is 1. The molecule has 0 spiro atoms. The number of nitrogens with zero attached hydrogens (tertiary/aromatic N) is 4.